The van der Waals surface area contributed by atoms with Gasteiger partial charge in [-0.3, -0.25) is 4.68 Å². The minimum atomic E-state index is -3.62. The average molecular weight is 446 g/mol. The van der Waals surface area contributed by atoms with Crippen LogP contribution in [0.25, 0.3) is 0 Å². The van der Waals surface area contributed by atoms with Crippen molar-refractivity contribution in [1.29, 1.82) is 0 Å². The molecule has 3 rings (SSSR count). The number of hydrogen-bond donors (Lipinski definition) is 0. The maximum Gasteiger partial charge on any atom is 0.248 e. The maximum atomic E-state index is 13.3. The molecule has 1 unspecified atom stereocenters. The number of aryl methyl sites for hydroxylation is 2. The Bertz CT molecular complexity index is 912. The fraction of sp³-hybridized carbons (Fsp3) is 0.438. The van der Waals surface area contributed by atoms with Crippen LogP contribution in [0.1, 0.15) is 22.3 Å². The van der Waals surface area contributed by atoms with Gasteiger partial charge in [-0.2, -0.15) is 9.40 Å². The number of nitrogens with zero attached hydrogens (tertiary/aromatic N) is 3. The van der Waals surface area contributed by atoms with Crippen LogP contribution in [0, 0.1) is 13.8 Å². The molecule has 0 bridgehead atoms. The molecule has 1 aliphatic heterocycles. The summed E-state index contributed by atoms with van der Waals surface area (Å²) in [5.41, 5.74) is 2.12. The zero-order chi connectivity index (χ0) is 18.4. The van der Waals surface area contributed by atoms with Crippen LogP contribution < -0.4 is 4.74 Å². The van der Waals surface area contributed by atoms with Gasteiger partial charge in [-0.15, -0.1) is 11.8 Å². The fourth-order valence-electron chi connectivity index (χ4n) is 3.04. The molecule has 2 aromatic rings. The van der Waals surface area contributed by atoms with Gasteiger partial charge in [0.2, 0.25) is 10.0 Å². The monoisotopic (exact) mass is 445 g/mol. The van der Waals surface area contributed by atoms with Crippen LogP contribution in [-0.2, 0) is 17.1 Å². The highest BCUT2D eigenvalue weighted by Gasteiger charge is 2.39. The third-order valence-electron chi connectivity index (χ3n) is 4.32. The second-order valence-corrected chi connectivity index (χ2v) is 9.73. The van der Waals surface area contributed by atoms with Crippen molar-refractivity contribution in [3.63, 3.8) is 0 Å². The topological polar surface area (TPSA) is 64.4 Å². The Balaban J connectivity index is 2.02. The zero-order valence-electron chi connectivity index (χ0n) is 14.5. The summed E-state index contributed by atoms with van der Waals surface area (Å²) in [4.78, 5) is 0.315. The molecule has 1 fully saturated rings. The predicted octanol–water partition coefficient (Wildman–Crippen LogP) is 3.24. The summed E-state index contributed by atoms with van der Waals surface area (Å²) in [5, 5.41) is 4.00. The average Bonchev–Trinajstić information content (AvgIpc) is 3.13. The van der Waals surface area contributed by atoms with Crippen molar-refractivity contribution in [1.82, 2.24) is 14.1 Å². The first-order valence-corrected chi connectivity index (χ1v) is 11.0. The van der Waals surface area contributed by atoms with Crippen molar-refractivity contribution in [2.24, 2.45) is 7.05 Å². The SMILES string of the molecule is COc1ccc(C2SCCN2S(=O)(=O)c2c(C)nn(C)c2C)cc1Br. The molecule has 0 N–H and O–H groups in total. The Morgan fingerprint density at radius 3 is 2.64 bits per heavy atom. The van der Waals surface area contributed by atoms with Gasteiger partial charge in [-0.1, -0.05) is 6.07 Å². The molecule has 0 aliphatic carbocycles. The smallest absolute Gasteiger partial charge is 0.248 e. The van der Waals surface area contributed by atoms with Gasteiger partial charge in [-0.05, 0) is 47.5 Å². The van der Waals surface area contributed by atoms with Crippen molar-refractivity contribution < 1.29 is 13.2 Å². The lowest BCUT2D eigenvalue weighted by molar-refractivity contribution is 0.410. The minimum Gasteiger partial charge on any atom is -0.496 e. The first-order valence-electron chi connectivity index (χ1n) is 7.74. The van der Waals surface area contributed by atoms with Crippen LogP contribution in [0.4, 0.5) is 0 Å². The first kappa shape index (κ1) is 18.8. The Morgan fingerprint density at radius 1 is 1.36 bits per heavy atom. The molecular formula is C16H20BrN3O3S2. The van der Waals surface area contributed by atoms with Crippen molar-refractivity contribution in [3.05, 3.63) is 39.6 Å². The molecule has 0 amide bonds. The summed E-state index contributed by atoms with van der Waals surface area (Å²) in [6.45, 7) is 4.01. The van der Waals surface area contributed by atoms with E-state index in [0.717, 1.165) is 21.5 Å². The third-order valence-corrected chi connectivity index (χ3v) is 8.45. The maximum absolute atomic E-state index is 13.3. The number of ether oxygens (including phenoxy) is 1. The summed E-state index contributed by atoms with van der Waals surface area (Å²) in [7, 11) is -0.254. The van der Waals surface area contributed by atoms with Gasteiger partial charge in [0.05, 0.1) is 28.3 Å². The molecule has 1 aliphatic rings. The van der Waals surface area contributed by atoms with E-state index < -0.39 is 10.0 Å². The molecule has 1 aromatic carbocycles. The fourth-order valence-corrected chi connectivity index (χ4v) is 7.24. The van der Waals surface area contributed by atoms with Gasteiger partial charge in [0.1, 0.15) is 10.6 Å². The minimum absolute atomic E-state index is 0.258. The molecule has 0 saturated carbocycles. The Morgan fingerprint density at radius 2 is 2.08 bits per heavy atom. The number of rotatable bonds is 4. The first-order chi connectivity index (χ1) is 11.8. The van der Waals surface area contributed by atoms with Crippen LogP contribution in [0.3, 0.4) is 0 Å². The van der Waals surface area contributed by atoms with Crippen LogP contribution >= 0.6 is 27.7 Å². The van der Waals surface area contributed by atoms with Gasteiger partial charge in [0.15, 0.2) is 0 Å². The lowest BCUT2D eigenvalue weighted by atomic mass is 10.2. The van der Waals surface area contributed by atoms with Crippen molar-refractivity contribution in [3.8, 4) is 5.75 Å². The highest BCUT2D eigenvalue weighted by Crippen LogP contribution is 2.43. The predicted molar refractivity (Wildman–Crippen MR) is 102 cm³/mol. The van der Waals surface area contributed by atoms with Crippen molar-refractivity contribution in [2.45, 2.75) is 24.1 Å². The molecule has 0 radical (unpaired) electrons. The number of aromatic nitrogens is 2. The van der Waals surface area contributed by atoms with Crippen LogP contribution in [-0.4, -0.2) is 41.9 Å². The molecule has 9 heteroatoms. The lowest BCUT2D eigenvalue weighted by Crippen LogP contribution is -2.31. The van der Waals surface area contributed by atoms with E-state index in [1.807, 2.05) is 18.2 Å². The van der Waals surface area contributed by atoms with E-state index in [1.54, 1.807) is 48.8 Å². The number of halogens is 1. The van der Waals surface area contributed by atoms with Gasteiger partial charge in [0, 0.05) is 19.3 Å². The highest BCUT2D eigenvalue weighted by molar-refractivity contribution is 9.10. The largest absolute Gasteiger partial charge is 0.496 e. The summed E-state index contributed by atoms with van der Waals surface area (Å²) < 4.78 is 35.9. The Kier molecular flexibility index (Phi) is 5.21. The number of methoxy groups -OCH3 is 1. The highest BCUT2D eigenvalue weighted by atomic mass is 79.9. The third kappa shape index (κ3) is 3.22. The molecule has 1 saturated heterocycles. The molecule has 136 valence electrons. The van der Waals surface area contributed by atoms with E-state index in [0.29, 0.717) is 22.8 Å². The van der Waals surface area contributed by atoms with E-state index >= 15 is 0 Å². The second kappa shape index (κ2) is 6.94. The van der Waals surface area contributed by atoms with Gasteiger partial charge < -0.3 is 4.74 Å². The van der Waals surface area contributed by atoms with E-state index in [1.165, 1.54) is 0 Å². The van der Waals surface area contributed by atoms with Crippen LogP contribution in [0.2, 0.25) is 0 Å². The summed E-state index contributed by atoms with van der Waals surface area (Å²) in [5.74, 6) is 1.48. The lowest BCUT2D eigenvalue weighted by Gasteiger charge is -2.24. The van der Waals surface area contributed by atoms with Gasteiger partial charge in [-0.25, -0.2) is 8.42 Å². The zero-order valence-corrected chi connectivity index (χ0v) is 17.7. The van der Waals surface area contributed by atoms with E-state index in [4.69, 9.17) is 4.74 Å². The normalized spacial score (nSPS) is 18.7. The number of sulfonamides is 1. The summed E-state index contributed by atoms with van der Waals surface area (Å²) in [6, 6.07) is 5.69. The van der Waals surface area contributed by atoms with Gasteiger partial charge in [0.25, 0.3) is 0 Å². The number of thioether (sulfide) groups is 1. The summed E-state index contributed by atoms with van der Waals surface area (Å²) >= 11 is 5.10. The molecule has 6 nitrogen and oxygen atoms in total. The quantitative estimate of drug-likeness (QED) is 0.722. The molecule has 1 aromatic heterocycles. The standard InChI is InChI=1S/C16H20BrN3O3S2/c1-10-15(11(2)19(3)18-10)25(21,22)20-7-8-24-16(20)12-5-6-14(23-4)13(17)9-12/h5-6,9,16H,7-8H2,1-4H3. The molecule has 2 heterocycles. The van der Waals surface area contributed by atoms with E-state index in [2.05, 4.69) is 21.0 Å². The van der Waals surface area contributed by atoms with E-state index in [-0.39, 0.29) is 5.37 Å². The Labute approximate surface area is 160 Å². The summed E-state index contributed by atoms with van der Waals surface area (Å²) in [6.07, 6.45) is 0. The van der Waals surface area contributed by atoms with Crippen LogP contribution in [0.15, 0.2) is 27.6 Å². The van der Waals surface area contributed by atoms with Crippen molar-refractivity contribution in [2.75, 3.05) is 19.4 Å². The van der Waals surface area contributed by atoms with Crippen molar-refractivity contribution >= 4 is 37.7 Å². The molecular weight excluding hydrogens is 426 g/mol. The number of hydrogen-bond acceptors (Lipinski definition) is 5. The molecule has 1 atom stereocenters. The second-order valence-electron chi connectivity index (χ2n) is 5.86. The van der Waals surface area contributed by atoms with E-state index in [9.17, 15) is 8.42 Å². The van der Waals surface area contributed by atoms with Gasteiger partial charge >= 0.3 is 0 Å². The number of benzene rings is 1. The molecule has 25 heavy (non-hydrogen) atoms. The van der Waals surface area contributed by atoms with Crippen LogP contribution in [0.5, 0.6) is 5.75 Å². The molecule has 0 spiro atoms. The Hall–Kier alpha value is -1.03.